The van der Waals surface area contributed by atoms with Gasteiger partial charge in [-0.2, -0.15) is 0 Å². The van der Waals surface area contributed by atoms with E-state index in [9.17, 15) is 0 Å². The van der Waals surface area contributed by atoms with E-state index in [0.717, 1.165) is 34.5 Å². The maximum Gasteiger partial charge on any atom is 0.145 e. The van der Waals surface area contributed by atoms with Gasteiger partial charge in [-0.15, -0.1) is 11.3 Å². The highest BCUT2D eigenvalue weighted by molar-refractivity contribution is 7.20. The Balaban J connectivity index is 1.01. The Kier molecular flexibility index (Phi) is 8.53. The van der Waals surface area contributed by atoms with E-state index < -0.39 is 0 Å². The van der Waals surface area contributed by atoms with Crippen molar-refractivity contribution in [2.45, 2.75) is 12.3 Å². The third-order valence-corrected chi connectivity index (χ3v) is 12.9. The Morgan fingerprint density at radius 1 is 0.483 bits per heavy atom. The topological polar surface area (TPSA) is 17.8 Å². The number of benzene rings is 8. The normalized spacial score (nSPS) is 13.6. The minimum absolute atomic E-state index is 0.315. The van der Waals surface area contributed by atoms with Gasteiger partial charge in [-0.3, -0.25) is 4.57 Å². The summed E-state index contributed by atoms with van der Waals surface area (Å²) in [7, 11) is 0. The van der Waals surface area contributed by atoms with Crippen LogP contribution in [0.5, 0.6) is 0 Å². The SMILES string of the molecule is C1=CC(c2ccc(-c3ccccc3)cc2)Cc2c1sc1c(-c3ccc(-c4nc5ccccc5n4-c4ccccc4)cc3)cc(-c3ccc(-c4ccccc4)cc3)cc21. The molecule has 274 valence electrons. The summed E-state index contributed by atoms with van der Waals surface area (Å²) in [5, 5.41) is 1.35. The fraction of sp³-hybridized carbons (Fsp3) is 0.0364. The van der Waals surface area contributed by atoms with Crippen LogP contribution in [0.1, 0.15) is 21.9 Å². The molecule has 8 aromatic carbocycles. The van der Waals surface area contributed by atoms with Crippen molar-refractivity contribution in [2.24, 2.45) is 0 Å². The first-order valence-corrected chi connectivity index (χ1v) is 20.8. The molecule has 0 saturated heterocycles. The van der Waals surface area contributed by atoms with Gasteiger partial charge >= 0.3 is 0 Å². The molecular formula is C55H38N2S. The van der Waals surface area contributed by atoms with E-state index in [1.165, 1.54) is 70.6 Å². The highest BCUT2D eigenvalue weighted by atomic mass is 32.1. The van der Waals surface area contributed by atoms with Gasteiger partial charge in [0.15, 0.2) is 0 Å². The van der Waals surface area contributed by atoms with E-state index in [0.29, 0.717) is 5.92 Å². The number of para-hydroxylation sites is 3. The third-order valence-electron chi connectivity index (χ3n) is 11.6. The molecule has 58 heavy (non-hydrogen) atoms. The molecule has 0 spiro atoms. The van der Waals surface area contributed by atoms with Gasteiger partial charge in [-0.1, -0.05) is 170 Å². The third kappa shape index (κ3) is 6.17. The van der Waals surface area contributed by atoms with Crippen LogP contribution in [0.4, 0.5) is 0 Å². The summed E-state index contributed by atoms with van der Waals surface area (Å²) in [5.74, 6) is 1.26. The molecule has 0 saturated carbocycles. The molecule has 11 rings (SSSR count). The van der Waals surface area contributed by atoms with Crippen molar-refractivity contribution in [3.63, 3.8) is 0 Å². The Morgan fingerprint density at radius 2 is 1.02 bits per heavy atom. The van der Waals surface area contributed by atoms with Crippen LogP contribution < -0.4 is 0 Å². The number of hydrogen-bond acceptors (Lipinski definition) is 2. The van der Waals surface area contributed by atoms with E-state index in [-0.39, 0.29) is 0 Å². The van der Waals surface area contributed by atoms with E-state index in [1.54, 1.807) is 0 Å². The lowest BCUT2D eigenvalue weighted by molar-refractivity contribution is 0.837. The van der Waals surface area contributed by atoms with Crippen molar-refractivity contribution >= 4 is 38.5 Å². The van der Waals surface area contributed by atoms with Crippen LogP contribution in [-0.2, 0) is 6.42 Å². The zero-order valence-electron chi connectivity index (χ0n) is 31.8. The average Bonchev–Trinajstić information content (AvgIpc) is 3.88. The maximum absolute atomic E-state index is 5.15. The number of allylic oxidation sites excluding steroid dienone is 1. The summed E-state index contributed by atoms with van der Waals surface area (Å²) in [6.07, 6.45) is 5.75. The van der Waals surface area contributed by atoms with Gasteiger partial charge in [0.2, 0.25) is 0 Å². The highest BCUT2D eigenvalue weighted by Crippen LogP contribution is 2.46. The Bertz CT molecular complexity index is 3080. The number of aromatic nitrogens is 2. The van der Waals surface area contributed by atoms with Crippen LogP contribution in [0.2, 0.25) is 0 Å². The molecule has 0 aliphatic heterocycles. The lowest BCUT2D eigenvalue weighted by atomic mass is 9.85. The number of hydrogen-bond donors (Lipinski definition) is 0. The van der Waals surface area contributed by atoms with Gasteiger partial charge in [0.05, 0.1) is 11.0 Å². The molecule has 0 fully saturated rings. The van der Waals surface area contributed by atoms with E-state index in [1.807, 2.05) is 11.3 Å². The summed E-state index contributed by atoms with van der Waals surface area (Å²) in [5.41, 5.74) is 16.9. The second-order valence-electron chi connectivity index (χ2n) is 15.1. The van der Waals surface area contributed by atoms with Crippen LogP contribution in [-0.4, -0.2) is 9.55 Å². The predicted molar refractivity (Wildman–Crippen MR) is 246 cm³/mol. The summed E-state index contributed by atoms with van der Waals surface area (Å²) in [6, 6.07) is 72.3. The molecule has 10 aromatic rings. The zero-order valence-corrected chi connectivity index (χ0v) is 32.6. The maximum atomic E-state index is 5.15. The molecule has 0 N–H and O–H groups in total. The smallest absolute Gasteiger partial charge is 0.145 e. The second kappa shape index (κ2) is 14.5. The van der Waals surface area contributed by atoms with Crippen molar-refractivity contribution in [1.29, 1.82) is 0 Å². The molecular weight excluding hydrogens is 721 g/mol. The molecule has 1 aliphatic carbocycles. The van der Waals surface area contributed by atoms with Gasteiger partial charge < -0.3 is 0 Å². The first-order valence-electron chi connectivity index (χ1n) is 20.0. The van der Waals surface area contributed by atoms with E-state index in [2.05, 4.69) is 217 Å². The van der Waals surface area contributed by atoms with Crippen LogP contribution in [0.15, 0.2) is 206 Å². The zero-order chi connectivity index (χ0) is 38.4. The predicted octanol–water partition coefficient (Wildman–Crippen LogP) is 14.9. The average molecular weight is 759 g/mol. The molecule has 2 aromatic heterocycles. The van der Waals surface area contributed by atoms with Crippen molar-refractivity contribution in [3.8, 4) is 61.6 Å². The van der Waals surface area contributed by atoms with Gasteiger partial charge in [0.1, 0.15) is 5.82 Å². The number of imidazole rings is 1. The number of thiophene rings is 1. The van der Waals surface area contributed by atoms with Gasteiger partial charge in [0.25, 0.3) is 0 Å². The summed E-state index contributed by atoms with van der Waals surface area (Å²) >= 11 is 1.92. The van der Waals surface area contributed by atoms with Gasteiger partial charge in [0, 0.05) is 32.3 Å². The molecule has 1 atom stereocenters. The van der Waals surface area contributed by atoms with Crippen LogP contribution in [0, 0.1) is 0 Å². The van der Waals surface area contributed by atoms with Crippen molar-refractivity contribution in [1.82, 2.24) is 9.55 Å². The quantitative estimate of drug-likeness (QED) is 0.158. The molecule has 1 unspecified atom stereocenters. The minimum atomic E-state index is 0.315. The molecule has 2 nitrogen and oxygen atoms in total. The van der Waals surface area contributed by atoms with Crippen LogP contribution >= 0.6 is 11.3 Å². The highest BCUT2D eigenvalue weighted by Gasteiger charge is 2.23. The van der Waals surface area contributed by atoms with Gasteiger partial charge in [-0.05, 0) is 104 Å². The summed E-state index contributed by atoms with van der Waals surface area (Å²) < 4.78 is 3.61. The minimum Gasteiger partial charge on any atom is -0.292 e. The molecule has 3 heteroatoms. The Hall–Kier alpha value is -7.07. The molecule has 0 amide bonds. The second-order valence-corrected chi connectivity index (χ2v) is 16.2. The first kappa shape index (κ1) is 34.2. The molecule has 0 radical (unpaired) electrons. The van der Waals surface area contributed by atoms with Crippen molar-refractivity contribution < 1.29 is 0 Å². The fourth-order valence-electron chi connectivity index (χ4n) is 8.61. The number of nitrogens with zero attached hydrogens (tertiary/aromatic N) is 2. The molecule has 2 heterocycles. The lowest BCUT2D eigenvalue weighted by Crippen LogP contribution is -2.04. The Morgan fingerprint density at radius 3 is 1.69 bits per heavy atom. The van der Waals surface area contributed by atoms with Crippen LogP contribution in [0.3, 0.4) is 0 Å². The summed E-state index contributed by atoms with van der Waals surface area (Å²) in [4.78, 5) is 6.51. The van der Waals surface area contributed by atoms with Crippen molar-refractivity contribution in [2.75, 3.05) is 0 Å². The van der Waals surface area contributed by atoms with E-state index in [4.69, 9.17) is 4.98 Å². The first-order chi connectivity index (χ1) is 28.7. The lowest BCUT2D eigenvalue weighted by Gasteiger charge is -2.19. The fourth-order valence-corrected chi connectivity index (χ4v) is 9.87. The van der Waals surface area contributed by atoms with Crippen molar-refractivity contribution in [3.05, 3.63) is 222 Å². The van der Waals surface area contributed by atoms with Crippen LogP contribution in [0.25, 0.3) is 88.8 Å². The number of fused-ring (bicyclic) bond motifs is 4. The standard InChI is InChI=1S/C55H38N2S/c1-4-12-37(13-5-1)39-20-24-41(25-21-39)45-32-33-53-49(34-45)50-36-46(42-26-22-40(23-27-42)38-14-6-2-7-15-38)35-48(54(50)58-53)43-28-30-44(31-29-43)55-56-51-18-10-11-19-52(51)57(55)47-16-8-3-9-17-47/h1-33,35-36,45H,34H2. The van der Waals surface area contributed by atoms with Gasteiger partial charge in [-0.25, -0.2) is 4.98 Å². The van der Waals surface area contributed by atoms with E-state index >= 15 is 0 Å². The molecule has 1 aliphatic rings. The summed E-state index contributed by atoms with van der Waals surface area (Å²) in [6.45, 7) is 0. The largest absolute Gasteiger partial charge is 0.292 e. The number of rotatable bonds is 7. The monoisotopic (exact) mass is 758 g/mol. The Labute approximate surface area is 342 Å². The molecule has 0 bridgehead atoms.